The summed E-state index contributed by atoms with van der Waals surface area (Å²) >= 11 is 0. The molecule has 0 aliphatic heterocycles. The Morgan fingerprint density at radius 1 is 1.00 bits per heavy atom. The van der Waals surface area contributed by atoms with E-state index in [1.54, 1.807) is 0 Å². The highest BCUT2D eigenvalue weighted by Crippen LogP contribution is 2.39. The Balaban J connectivity index is 1.93. The number of hydrogen-bond acceptors (Lipinski definition) is 1. The summed E-state index contributed by atoms with van der Waals surface area (Å²) < 4.78 is 5.89. The van der Waals surface area contributed by atoms with Gasteiger partial charge in [0.2, 0.25) is 0 Å². The van der Waals surface area contributed by atoms with Crippen molar-refractivity contribution in [2.75, 3.05) is 0 Å². The van der Waals surface area contributed by atoms with Crippen LogP contribution in [0, 0.1) is 5.92 Å². The molecule has 3 aromatic rings. The van der Waals surface area contributed by atoms with E-state index in [1.807, 2.05) is 12.3 Å². The fraction of sp³-hybridized carbons (Fsp3) is 0.200. The molecule has 104 valence electrons. The van der Waals surface area contributed by atoms with Crippen LogP contribution in [0.25, 0.3) is 28.2 Å². The fourth-order valence-corrected chi connectivity index (χ4v) is 3.16. The second-order valence-electron chi connectivity index (χ2n) is 6.08. The van der Waals surface area contributed by atoms with Crippen molar-refractivity contribution >= 4 is 16.8 Å². The molecule has 1 heteroatoms. The molecule has 21 heavy (non-hydrogen) atoms. The lowest BCUT2D eigenvalue weighted by Gasteiger charge is -2.05. The quantitative estimate of drug-likeness (QED) is 0.584. The number of benzene rings is 2. The maximum Gasteiger partial charge on any atom is 0.142 e. The first-order valence-corrected chi connectivity index (χ1v) is 7.53. The maximum atomic E-state index is 5.89. The van der Waals surface area contributed by atoms with E-state index in [-0.39, 0.29) is 0 Å². The van der Waals surface area contributed by atoms with Crippen LogP contribution in [0.2, 0.25) is 0 Å². The second kappa shape index (κ2) is 4.63. The van der Waals surface area contributed by atoms with Crippen molar-refractivity contribution in [3.63, 3.8) is 0 Å². The molecular weight excluding hydrogens is 256 g/mol. The molecule has 0 bridgehead atoms. The SMILES string of the molecule is CC(C)C1=Cc2c(cccc2-c2occ3ccccc23)C1. The van der Waals surface area contributed by atoms with Crippen LogP contribution in [0.4, 0.5) is 0 Å². The van der Waals surface area contributed by atoms with E-state index >= 15 is 0 Å². The Morgan fingerprint density at radius 3 is 2.71 bits per heavy atom. The van der Waals surface area contributed by atoms with E-state index in [0.29, 0.717) is 5.92 Å². The third-order valence-corrected chi connectivity index (χ3v) is 4.42. The van der Waals surface area contributed by atoms with Gasteiger partial charge in [-0.05, 0) is 23.5 Å². The standard InChI is InChI=1S/C20H18O/c1-13(2)16-10-14-7-5-9-18(19(14)11-16)20-17-8-4-3-6-15(17)12-21-20/h3-9,11-13H,10H2,1-2H3. The summed E-state index contributed by atoms with van der Waals surface area (Å²) in [4.78, 5) is 0. The topological polar surface area (TPSA) is 13.1 Å². The Hall–Kier alpha value is -2.28. The van der Waals surface area contributed by atoms with Gasteiger partial charge >= 0.3 is 0 Å². The van der Waals surface area contributed by atoms with Gasteiger partial charge < -0.3 is 4.42 Å². The van der Waals surface area contributed by atoms with E-state index in [9.17, 15) is 0 Å². The summed E-state index contributed by atoms with van der Waals surface area (Å²) in [6.07, 6.45) is 5.28. The summed E-state index contributed by atoms with van der Waals surface area (Å²) in [6.45, 7) is 4.53. The van der Waals surface area contributed by atoms with Crippen LogP contribution in [0.15, 0.2) is 58.7 Å². The van der Waals surface area contributed by atoms with Gasteiger partial charge in [-0.2, -0.15) is 0 Å². The first-order valence-electron chi connectivity index (χ1n) is 7.53. The van der Waals surface area contributed by atoms with E-state index in [2.05, 4.69) is 56.3 Å². The smallest absolute Gasteiger partial charge is 0.142 e. The molecule has 0 radical (unpaired) electrons. The van der Waals surface area contributed by atoms with Gasteiger partial charge in [-0.25, -0.2) is 0 Å². The average molecular weight is 274 g/mol. The normalized spacial score (nSPS) is 13.8. The first-order chi connectivity index (χ1) is 10.2. The molecule has 0 fully saturated rings. The van der Waals surface area contributed by atoms with Crippen molar-refractivity contribution < 1.29 is 4.42 Å². The number of fused-ring (bicyclic) bond motifs is 2. The lowest BCUT2D eigenvalue weighted by Crippen LogP contribution is -1.92. The fourth-order valence-electron chi connectivity index (χ4n) is 3.16. The molecule has 0 spiro atoms. The molecule has 1 aliphatic carbocycles. The third kappa shape index (κ3) is 1.92. The summed E-state index contributed by atoms with van der Waals surface area (Å²) in [7, 11) is 0. The van der Waals surface area contributed by atoms with Gasteiger partial charge in [0.25, 0.3) is 0 Å². The number of furan rings is 1. The lowest BCUT2D eigenvalue weighted by atomic mass is 9.99. The van der Waals surface area contributed by atoms with Gasteiger partial charge in [0, 0.05) is 16.3 Å². The Labute approximate surface area is 124 Å². The maximum absolute atomic E-state index is 5.89. The summed E-state index contributed by atoms with van der Waals surface area (Å²) in [5.41, 5.74) is 5.47. The highest BCUT2D eigenvalue weighted by atomic mass is 16.3. The lowest BCUT2D eigenvalue weighted by molar-refractivity contribution is 0.587. The molecule has 0 N–H and O–H groups in total. The zero-order chi connectivity index (χ0) is 14.4. The highest BCUT2D eigenvalue weighted by molar-refractivity contribution is 5.96. The van der Waals surface area contributed by atoms with Crippen LogP contribution < -0.4 is 0 Å². The van der Waals surface area contributed by atoms with E-state index in [1.165, 1.54) is 27.6 Å². The van der Waals surface area contributed by atoms with Gasteiger partial charge in [0.1, 0.15) is 5.76 Å². The molecule has 1 heterocycles. The van der Waals surface area contributed by atoms with E-state index in [4.69, 9.17) is 4.42 Å². The van der Waals surface area contributed by atoms with E-state index < -0.39 is 0 Å². The zero-order valence-corrected chi connectivity index (χ0v) is 12.4. The van der Waals surface area contributed by atoms with Crippen LogP contribution in [-0.2, 0) is 6.42 Å². The minimum absolute atomic E-state index is 0.596. The van der Waals surface area contributed by atoms with Gasteiger partial charge in [0.05, 0.1) is 6.26 Å². The van der Waals surface area contributed by atoms with Gasteiger partial charge in [-0.15, -0.1) is 0 Å². The van der Waals surface area contributed by atoms with Crippen LogP contribution in [-0.4, -0.2) is 0 Å². The predicted molar refractivity (Wildman–Crippen MR) is 88.2 cm³/mol. The minimum Gasteiger partial charge on any atom is -0.463 e. The number of hydrogen-bond donors (Lipinski definition) is 0. The molecule has 2 aromatic carbocycles. The van der Waals surface area contributed by atoms with E-state index in [0.717, 1.165) is 17.6 Å². The Bertz CT molecular complexity index is 849. The summed E-state index contributed by atoms with van der Waals surface area (Å²) in [5, 5.41) is 2.36. The molecular formula is C20H18O. The third-order valence-electron chi connectivity index (χ3n) is 4.42. The second-order valence-corrected chi connectivity index (χ2v) is 6.08. The van der Waals surface area contributed by atoms with Crippen LogP contribution in [0.3, 0.4) is 0 Å². The molecule has 1 aromatic heterocycles. The van der Waals surface area contributed by atoms with Crippen molar-refractivity contribution in [3.05, 3.63) is 65.4 Å². The predicted octanol–water partition coefficient (Wildman–Crippen LogP) is 5.70. The largest absolute Gasteiger partial charge is 0.463 e. The molecule has 0 atom stereocenters. The van der Waals surface area contributed by atoms with Crippen LogP contribution >= 0.6 is 0 Å². The summed E-state index contributed by atoms with van der Waals surface area (Å²) in [5.74, 6) is 1.59. The zero-order valence-electron chi connectivity index (χ0n) is 12.4. The Kier molecular flexibility index (Phi) is 2.75. The summed E-state index contributed by atoms with van der Waals surface area (Å²) in [6, 6.07) is 14.9. The molecule has 0 saturated heterocycles. The van der Waals surface area contributed by atoms with Crippen LogP contribution in [0.1, 0.15) is 25.0 Å². The number of rotatable bonds is 2. The van der Waals surface area contributed by atoms with Crippen molar-refractivity contribution in [1.29, 1.82) is 0 Å². The molecule has 0 unspecified atom stereocenters. The number of allylic oxidation sites excluding steroid dienone is 1. The molecule has 0 saturated carbocycles. The molecule has 1 nitrogen and oxygen atoms in total. The van der Waals surface area contributed by atoms with Gasteiger partial charge in [-0.1, -0.05) is 68.0 Å². The average Bonchev–Trinajstić information content (AvgIpc) is 3.11. The van der Waals surface area contributed by atoms with Crippen LogP contribution in [0.5, 0.6) is 0 Å². The van der Waals surface area contributed by atoms with Crippen molar-refractivity contribution in [3.8, 4) is 11.3 Å². The first kappa shape index (κ1) is 12.5. The minimum atomic E-state index is 0.596. The molecule has 1 aliphatic rings. The van der Waals surface area contributed by atoms with Crippen molar-refractivity contribution in [1.82, 2.24) is 0 Å². The highest BCUT2D eigenvalue weighted by Gasteiger charge is 2.20. The van der Waals surface area contributed by atoms with Crippen molar-refractivity contribution in [2.45, 2.75) is 20.3 Å². The molecule has 0 amide bonds. The van der Waals surface area contributed by atoms with Gasteiger partial charge in [0.15, 0.2) is 0 Å². The van der Waals surface area contributed by atoms with Crippen molar-refractivity contribution in [2.24, 2.45) is 5.92 Å². The van der Waals surface area contributed by atoms with Gasteiger partial charge in [-0.3, -0.25) is 0 Å². The monoisotopic (exact) mass is 274 g/mol. The Morgan fingerprint density at radius 2 is 1.86 bits per heavy atom. The molecule has 4 rings (SSSR count).